The van der Waals surface area contributed by atoms with Crippen molar-refractivity contribution in [3.63, 3.8) is 0 Å². The highest BCUT2D eigenvalue weighted by Gasteiger charge is 2.13. The Labute approximate surface area is 143 Å². The molecule has 0 fully saturated rings. The first-order valence-corrected chi connectivity index (χ1v) is 7.44. The number of carbonyl (C=O) groups is 1. The van der Waals surface area contributed by atoms with E-state index in [9.17, 15) is 4.79 Å². The minimum Gasteiger partial charge on any atom is -0.492 e. The van der Waals surface area contributed by atoms with Gasteiger partial charge in [-0.25, -0.2) is 0 Å². The molecular weight excluding hydrogens is 312 g/mol. The third-order valence-electron chi connectivity index (χ3n) is 3.34. The number of halogens is 1. The van der Waals surface area contributed by atoms with Crippen LogP contribution >= 0.6 is 12.4 Å². The monoisotopic (exact) mass is 334 g/mol. The summed E-state index contributed by atoms with van der Waals surface area (Å²) in [4.78, 5) is 12.2. The normalized spacial score (nSPS) is 11.3. The molecule has 2 aromatic rings. The lowest BCUT2D eigenvalue weighted by atomic mass is 10.0. The van der Waals surface area contributed by atoms with Crippen LogP contribution in [0.15, 0.2) is 48.5 Å². The fourth-order valence-electron chi connectivity index (χ4n) is 2.23. The van der Waals surface area contributed by atoms with E-state index < -0.39 is 0 Å². The maximum atomic E-state index is 12.2. The van der Waals surface area contributed by atoms with E-state index in [1.54, 1.807) is 0 Å². The van der Waals surface area contributed by atoms with E-state index in [1.165, 1.54) is 0 Å². The molecule has 0 aliphatic carbocycles. The molecule has 1 amide bonds. The molecular formula is C18H23ClN2O2. The number of rotatable bonds is 6. The van der Waals surface area contributed by atoms with Crippen LogP contribution in [0.2, 0.25) is 0 Å². The summed E-state index contributed by atoms with van der Waals surface area (Å²) in [5, 5.41) is 2.88. The van der Waals surface area contributed by atoms with Crippen LogP contribution in [0.1, 0.15) is 30.5 Å². The smallest absolute Gasteiger partial charge is 0.226 e. The second-order valence-corrected chi connectivity index (χ2v) is 5.20. The van der Waals surface area contributed by atoms with E-state index in [0.29, 0.717) is 18.0 Å². The predicted octanol–water partition coefficient (Wildman–Crippen LogP) is 3.84. The predicted molar refractivity (Wildman–Crippen MR) is 96.2 cm³/mol. The van der Waals surface area contributed by atoms with Crippen molar-refractivity contribution in [3.8, 4) is 5.75 Å². The highest BCUT2D eigenvalue weighted by atomic mass is 35.5. The van der Waals surface area contributed by atoms with Gasteiger partial charge in [-0.05, 0) is 37.1 Å². The topological polar surface area (TPSA) is 64.3 Å². The quantitative estimate of drug-likeness (QED) is 0.843. The molecule has 0 saturated heterocycles. The molecule has 0 radical (unpaired) electrons. The van der Waals surface area contributed by atoms with Crippen LogP contribution in [0.5, 0.6) is 5.75 Å². The van der Waals surface area contributed by atoms with Gasteiger partial charge in [0.05, 0.1) is 12.3 Å². The molecule has 4 nitrogen and oxygen atoms in total. The molecule has 1 unspecified atom stereocenters. The number of amides is 1. The number of nitrogens with one attached hydrogen (secondary N) is 1. The summed E-state index contributed by atoms with van der Waals surface area (Å²) in [6.07, 6.45) is 0.226. The first-order chi connectivity index (χ1) is 10.6. The number of nitrogens with two attached hydrogens (primary N) is 1. The minimum atomic E-state index is -0.317. The zero-order valence-corrected chi connectivity index (χ0v) is 14.2. The molecule has 0 heterocycles. The van der Waals surface area contributed by atoms with Crippen LogP contribution in [-0.2, 0) is 4.79 Å². The van der Waals surface area contributed by atoms with Gasteiger partial charge in [0.15, 0.2) is 0 Å². The van der Waals surface area contributed by atoms with Gasteiger partial charge in [0, 0.05) is 12.5 Å². The van der Waals surface area contributed by atoms with E-state index in [1.807, 2.05) is 62.4 Å². The van der Waals surface area contributed by atoms with Gasteiger partial charge in [-0.15, -0.1) is 12.4 Å². The third kappa shape index (κ3) is 5.58. The Kier molecular flexibility index (Phi) is 7.59. The molecule has 1 atom stereocenters. The molecule has 2 aromatic carbocycles. The van der Waals surface area contributed by atoms with Gasteiger partial charge in [0.2, 0.25) is 5.91 Å². The molecule has 0 aliphatic heterocycles. The number of aryl methyl sites for hydroxylation is 1. The fourth-order valence-corrected chi connectivity index (χ4v) is 2.23. The number of hydrogen-bond donors (Lipinski definition) is 2. The van der Waals surface area contributed by atoms with Gasteiger partial charge in [-0.1, -0.05) is 36.4 Å². The highest BCUT2D eigenvalue weighted by Crippen LogP contribution is 2.26. The summed E-state index contributed by atoms with van der Waals surface area (Å²) >= 11 is 0. The van der Waals surface area contributed by atoms with Crippen molar-refractivity contribution < 1.29 is 9.53 Å². The molecule has 3 N–H and O–H groups in total. The maximum absolute atomic E-state index is 12.2. The average molecular weight is 335 g/mol. The summed E-state index contributed by atoms with van der Waals surface area (Å²) in [6, 6.07) is 15.0. The average Bonchev–Trinajstić information content (AvgIpc) is 2.51. The van der Waals surface area contributed by atoms with Crippen molar-refractivity contribution in [1.82, 2.24) is 0 Å². The lowest BCUT2D eigenvalue weighted by molar-refractivity contribution is -0.116. The van der Waals surface area contributed by atoms with Gasteiger partial charge < -0.3 is 15.8 Å². The molecule has 0 spiro atoms. The van der Waals surface area contributed by atoms with Gasteiger partial charge >= 0.3 is 0 Å². The highest BCUT2D eigenvalue weighted by molar-refractivity contribution is 5.92. The van der Waals surface area contributed by atoms with Crippen molar-refractivity contribution in [1.29, 1.82) is 0 Å². The Morgan fingerprint density at radius 2 is 1.91 bits per heavy atom. The van der Waals surface area contributed by atoms with Crippen LogP contribution in [-0.4, -0.2) is 12.5 Å². The molecule has 0 bridgehead atoms. The van der Waals surface area contributed by atoms with E-state index >= 15 is 0 Å². The Bertz CT molecular complexity index is 632. The van der Waals surface area contributed by atoms with Gasteiger partial charge in [0.25, 0.3) is 0 Å². The summed E-state index contributed by atoms with van der Waals surface area (Å²) < 4.78 is 5.56. The van der Waals surface area contributed by atoms with Crippen LogP contribution < -0.4 is 15.8 Å². The Hall–Kier alpha value is -2.04. The summed E-state index contributed by atoms with van der Waals surface area (Å²) in [5.41, 5.74) is 8.79. The minimum absolute atomic E-state index is 0. The van der Waals surface area contributed by atoms with E-state index in [-0.39, 0.29) is 30.8 Å². The van der Waals surface area contributed by atoms with Gasteiger partial charge in [0.1, 0.15) is 5.75 Å². The van der Waals surface area contributed by atoms with Gasteiger partial charge in [-0.3, -0.25) is 4.79 Å². The van der Waals surface area contributed by atoms with E-state index in [2.05, 4.69) is 5.32 Å². The molecule has 0 aromatic heterocycles. The van der Waals surface area contributed by atoms with Crippen molar-refractivity contribution in [3.05, 3.63) is 59.7 Å². The second-order valence-electron chi connectivity index (χ2n) is 5.20. The Morgan fingerprint density at radius 1 is 1.22 bits per heavy atom. The standard InChI is InChI=1S/C18H22N2O2.ClH/c1-3-22-17-11-13(2)9-10-16(17)20-18(21)12-15(19)14-7-5-4-6-8-14;/h4-11,15H,3,12,19H2,1-2H3,(H,20,21);1H. The molecule has 5 heteroatoms. The lowest BCUT2D eigenvalue weighted by Crippen LogP contribution is -2.20. The number of hydrogen-bond acceptors (Lipinski definition) is 3. The van der Waals surface area contributed by atoms with E-state index in [4.69, 9.17) is 10.5 Å². The molecule has 2 rings (SSSR count). The van der Waals surface area contributed by atoms with Gasteiger partial charge in [-0.2, -0.15) is 0 Å². The Balaban J connectivity index is 0.00000264. The van der Waals surface area contributed by atoms with E-state index in [0.717, 1.165) is 11.1 Å². The second kappa shape index (κ2) is 9.18. The zero-order valence-electron chi connectivity index (χ0n) is 13.4. The van der Waals surface area contributed by atoms with Crippen LogP contribution in [0.3, 0.4) is 0 Å². The number of anilines is 1. The summed E-state index contributed by atoms with van der Waals surface area (Å²) in [5.74, 6) is 0.560. The van der Waals surface area contributed by atoms with Crippen LogP contribution in [0, 0.1) is 6.92 Å². The molecule has 0 aliphatic rings. The largest absolute Gasteiger partial charge is 0.492 e. The first kappa shape index (κ1) is 19.0. The molecule has 23 heavy (non-hydrogen) atoms. The number of ether oxygens (including phenoxy) is 1. The third-order valence-corrected chi connectivity index (χ3v) is 3.34. The Morgan fingerprint density at radius 3 is 2.57 bits per heavy atom. The van der Waals surface area contributed by atoms with Crippen molar-refractivity contribution in [2.24, 2.45) is 5.73 Å². The first-order valence-electron chi connectivity index (χ1n) is 7.44. The van der Waals surface area contributed by atoms with Crippen LogP contribution in [0.4, 0.5) is 5.69 Å². The molecule has 0 saturated carbocycles. The zero-order chi connectivity index (χ0) is 15.9. The maximum Gasteiger partial charge on any atom is 0.226 e. The molecule has 124 valence electrons. The van der Waals surface area contributed by atoms with Crippen molar-refractivity contribution in [2.75, 3.05) is 11.9 Å². The number of benzene rings is 2. The number of carbonyl (C=O) groups excluding carboxylic acids is 1. The SMILES string of the molecule is CCOc1cc(C)ccc1NC(=O)CC(N)c1ccccc1.Cl. The van der Waals surface area contributed by atoms with Crippen molar-refractivity contribution in [2.45, 2.75) is 26.3 Å². The summed E-state index contributed by atoms with van der Waals surface area (Å²) in [6.45, 7) is 4.45. The lowest BCUT2D eigenvalue weighted by Gasteiger charge is -2.15. The fraction of sp³-hybridized carbons (Fsp3) is 0.278. The summed E-state index contributed by atoms with van der Waals surface area (Å²) in [7, 11) is 0. The van der Waals surface area contributed by atoms with Crippen LogP contribution in [0.25, 0.3) is 0 Å². The van der Waals surface area contributed by atoms with Crippen molar-refractivity contribution >= 4 is 24.0 Å².